The molecule has 0 spiro atoms. The van der Waals surface area contributed by atoms with Crippen LogP contribution in [0, 0.1) is 19.3 Å². The van der Waals surface area contributed by atoms with Gasteiger partial charge in [0.1, 0.15) is 7.05 Å². The van der Waals surface area contributed by atoms with Crippen molar-refractivity contribution >= 4 is 49.0 Å². The molecule has 0 amide bonds. The Bertz CT molecular complexity index is 1710. The van der Waals surface area contributed by atoms with Gasteiger partial charge in [0.25, 0.3) is 0 Å². The van der Waals surface area contributed by atoms with E-state index in [1.807, 2.05) is 12.1 Å². The van der Waals surface area contributed by atoms with Crippen LogP contribution < -0.4 is 4.57 Å². The predicted octanol–water partition coefficient (Wildman–Crippen LogP) is 7.02. The van der Waals surface area contributed by atoms with Crippen LogP contribution in [-0.2, 0) is 13.5 Å². The molecule has 0 radical (unpaired) electrons. The molecular formula is C29H29N2+. The van der Waals surface area contributed by atoms with E-state index < -0.39 is 0 Å². The predicted molar refractivity (Wildman–Crippen MR) is 132 cm³/mol. The number of hydrogen-bond acceptors (Lipinski definition) is 0. The lowest BCUT2D eigenvalue weighted by Crippen LogP contribution is -2.29. The van der Waals surface area contributed by atoms with Gasteiger partial charge >= 0.3 is 0 Å². The Kier molecular flexibility index (Phi) is 3.38. The minimum absolute atomic E-state index is 0.206. The first kappa shape index (κ1) is 17.5. The number of benzene rings is 3. The van der Waals surface area contributed by atoms with Gasteiger partial charge in [-0.05, 0) is 65.9 Å². The van der Waals surface area contributed by atoms with Crippen molar-refractivity contribution in [1.82, 2.24) is 4.40 Å². The molecule has 2 heteroatoms. The third-order valence-corrected chi connectivity index (χ3v) is 6.88. The molecule has 0 unspecified atom stereocenters. The van der Waals surface area contributed by atoms with Crippen LogP contribution in [0.25, 0.3) is 49.0 Å². The molecule has 0 aliphatic heterocycles. The molecule has 0 fully saturated rings. The molecule has 0 saturated carbocycles. The van der Waals surface area contributed by atoms with Crippen LogP contribution in [0.3, 0.4) is 0 Å². The number of hydrogen-bond donors (Lipinski definition) is 0. The molecule has 0 bridgehead atoms. The monoisotopic (exact) mass is 406 g/mol. The third kappa shape index (κ3) is 2.48. The van der Waals surface area contributed by atoms with Crippen molar-refractivity contribution in [3.63, 3.8) is 0 Å². The Morgan fingerprint density at radius 3 is 2.55 bits per heavy atom. The fraction of sp³-hybridized carbons (Fsp3) is 0.276. The Balaban J connectivity index is 2.01. The van der Waals surface area contributed by atoms with Gasteiger partial charge in [-0.1, -0.05) is 45.0 Å². The molecule has 0 atom stereocenters. The molecular weight excluding hydrogens is 376 g/mol. The van der Waals surface area contributed by atoms with Gasteiger partial charge in [0.05, 0.1) is 28.7 Å². The highest BCUT2D eigenvalue weighted by Crippen LogP contribution is 2.42. The van der Waals surface area contributed by atoms with E-state index in [0.29, 0.717) is 6.04 Å². The van der Waals surface area contributed by atoms with Crippen molar-refractivity contribution in [1.29, 1.82) is 0 Å². The van der Waals surface area contributed by atoms with E-state index in [4.69, 9.17) is 1.37 Å². The number of nitrogens with zero attached hydrogens (tertiary/aromatic N) is 2. The number of rotatable bonds is 1. The Labute approximate surface area is 184 Å². The number of aryl methyl sites for hydroxylation is 3. The fourth-order valence-electron chi connectivity index (χ4n) is 5.55. The molecule has 0 aliphatic carbocycles. The minimum atomic E-state index is 0.206. The summed E-state index contributed by atoms with van der Waals surface area (Å²) >= 11 is 0. The SMILES string of the molecule is [2H]c1cccc2c3cc(C)c(C)c4c3n(c3cc(CC(C)(C)C)cc5cc[n+](C)c4c53)c12. The van der Waals surface area contributed by atoms with Gasteiger partial charge < -0.3 is 4.40 Å². The van der Waals surface area contributed by atoms with Gasteiger partial charge in [-0.15, -0.1) is 0 Å². The van der Waals surface area contributed by atoms with Gasteiger partial charge in [0.2, 0.25) is 5.52 Å². The molecule has 2 nitrogen and oxygen atoms in total. The van der Waals surface area contributed by atoms with Gasteiger partial charge in [0, 0.05) is 16.8 Å². The maximum Gasteiger partial charge on any atom is 0.224 e. The van der Waals surface area contributed by atoms with Gasteiger partial charge in [-0.3, -0.25) is 0 Å². The zero-order valence-electron chi connectivity index (χ0n) is 20.2. The molecule has 3 aromatic heterocycles. The lowest BCUT2D eigenvalue weighted by Gasteiger charge is -2.20. The second-order valence-electron chi connectivity index (χ2n) is 10.4. The molecule has 0 aliphatic rings. The zero-order valence-corrected chi connectivity index (χ0v) is 19.2. The number of fused-ring (bicyclic) bond motifs is 5. The van der Waals surface area contributed by atoms with Crippen LogP contribution in [0.4, 0.5) is 0 Å². The van der Waals surface area contributed by atoms with Crippen molar-refractivity contribution < 1.29 is 5.94 Å². The molecule has 31 heavy (non-hydrogen) atoms. The van der Waals surface area contributed by atoms with Crippen LogP contribution in [-0.4, -0.2) is 4.40 Å². The molecule has 154 valence electrons. The maximum atomic E-state index is 8.83. The van der Waals surface area contributed by atoms with E-state index in [9.17, 15) is 0 Å². The Hall–Kier alpha value is -3.13. The average Bonchev–Trinajstić information content (AvgIpc) is 3.04. The number of aromatic nitrogens is 2. The normalized spacial score (nSPS) is 13.4. The van der Waals surface area contributed by atoms with Crippen LogP contribution in [0.1, 0.15) is 38.8 Å². The summed E-state index contributed by atoms with van der Waals surface area (Å²) in [5.74, 6) is 0. The smallest absolute Gasteiger partial charge is 0.224 e. The van der Waals surface area contributed by atoms with E-state index in [1.54, 1.807) is 0 Å². The van der Waals surface area contributed by atoms with Crippen molar-refractivity contribution in [2.24, 2.45) is 12.5 Å². The van der Waals surface area contributed by atoms with Gasteiger partial charge in [-0.25, -0.2) is 4.57 Å². The van der Waals surface area contributed by atoms with E-state index in [-0.39, 0.29) is 5.41 Å². The molecule has 6 rings (SSSR count). The Morgan fingerprint density at radius 2 is 1.77 bits per heavy atom. The zero-order chi connectivity index (χ0) is 22.5. The van der Waals surface area contributed by atoms with Crippen molar-refractivity contribution in [2.75, 3.05) is 0 Å². The van der Waals surface area contributed by atoms with Crippen LogP contribution in [0.15, 0.2) is 54.7 Å². The highest BCUT2D eigenvalue weighted by Gasteiger charge is 2.25. The lowest BCUT2D eigenvalue weighted by atomic mass is 9.87. The summed E-state index contributed by atoms with van der Waals surface area (Å²) in [6, 6.07) is 16.0. The summed E-state index contributed by atoms with van der Waals surface area (Å²) in [6.07, 6.45) is 3.21. The average molecular weight is 407 g/mol. The highest BCUT2D eigenvalue weighted by atomic mass is 15.0. The van der Waals surface area contributed by atoms with E-state index in [0.717, 1.165) is 11.9 Å². The molecule has 3 aromatic carbocycles. The third-order valence-electron chi connectivity index (χ3n) is 6.88. The first-order valence-electron chi connectivity index (χ1n) is 11.7. The van der Waals surface area contributed by atoms with Crippen LogP contribution in [0.5, 0.6) is 0 Å². The number of para-hydroxylation sites is 1. The Morgan fingerprint density at radius 1 is 0.968 bits per heavy atom. The van der Waals surface area contributed by atoms with Gasteiger partial charge in [-0.2, -0.15) is 0 Å². The molecule has 3 heterocycles. The summed E-state index contributed by atoms with van der Waals surface area (Å²) < 4.78 is 13.5. The standard InChI is InChI=1S/C29H29N2/c1-17-13-22-21-9-7-8-10-23(21)31-24-15-19(16-29(3,4)5)14-20-11-12-30(6)28(26(20)24)25(18(17)2)27(22)31/h7-15H,16H2,1-6H3/q+1/i10D. The fourth-order valence-corrected chi connectivity index (χ4v) is 5.55. The quantitative estimate of drug-likeness (QED) is 0.157. The van der Waals surface area contributed by atoms with E-state index in [2.05, 4.69) is 87.2 Å². The topological polar surface area (TPSA) is 8.29 Å². The molecule has 0 saturated heterocycles. The first-order valence-corrected chi connectivity index (χ1v) is 11.2. The van der Waals surface area contributed by atoms with Crippen molar-refractivity contribution in [2.45, 2.75) is 41.0 Å². The lowest BCUT2D eigenvalue weighted by molar-refractivity contribution is -0.643. The minimum Gasteiger partial charge on any atom is -0.307 e. The van der Waals surface area contributed by atoms with Crippen LogP contribution in [0.2, 0.25) is 0 Å². The summed E-state index contributed by atoms with van der Waals surface area (Å²) in [5, 5.41) is 6.28. The van der Waals surface area contributed by atoms with E-state index >= 15 is 0 Å². The number of pyridine rings is 2. The van der Waals surface area contributed by atoms with Crippen molar-refractivity contribution in [3.8, 4) is 0 Å². The summed E-state index contributed by atoms with van der Waals surface area (Å²) in [4.78, 5) is 0. The second-order valence-corrected chi connectivity index (χ2v) is 10.4. The van der Waals surface area contributed by atoms with Gasteiger partial charge in [0.15, 0.2) is 6.20 Å². The van der Waals surface area contributed by atoms with E-state index in [1.165, 1.54) is 60.2 Å². The highest BCUT2D eigenvalue weighted by molar-refractivity contribution is 6.26. The largest absolute Gasteiger partial charge is 0.307 e. The molecule has 0 N–H and O–H groups in total. The maximum absolute atomic E-state index is 8.83. The van der Waals surface area contributed by atoms with Crippen molar-refractivity contribution in [3.05, 3.63) is 71.4 Å². The summed E-state index contributed by atoms with van der Waals surface area (Å²) in [6.45, 7) is 11.3. The first-order chi connectivity index (χ1) is 15.2. The summed E-state index contributed by atoms with van der Waals surface area (Å²) in [5.41, 5.74) is 8.93. The van der Waals surface area contributed by atoms with Crippen LogP contribution >= 0.6 is 0 Å². The molecule has 6 aromatic rings. The summed E-state index contributed by atoms with van der Waals surface area (Å²) in [7, 11) is 2.16. The second kappa shape index (κ2) is 5.97.